The summed E-state index contributed by atoms with van der Waals surface area (Å²) in [7, 11) is 0. The standard InChI is InChI=1S/C16H16N4/c1-10-6-12(9-17)7-11(2)15(10)14-8-13-4-3-5-18-16(13)20-19-14/h6-8H,3-5H2,1-2H3,(H,18,20). The Morgan fingerprint density at radius 1 is 1.15 bits per heavy atom. The Morgan fingerprint density at radius 2 is 1.90 bits per heavy atom. The molecule has 1 N–H and O–H groups in total. The zero-order chi connectivity index (χ0) is 14.1. The van der Waals surface area contributed by atoms with E-state index in [-0.39, 0.29) is 0 Å². The van der Waals surface area contributed by atoms with Crippen molar-refractivity contribution >= 4 is 5.82 Å². The average Bonchev–Trinajstić information content (AvgIpc) is 2.46. The predicted molar refractivity (Wildman–Crippen MR) is 78.5 cm³/mol. The fourth-order valence-corrected chi connectivity index (χ4v) is 2.81. The lowest BCUT2D eigenvalue weighted by Crippen LogP contribution is -2.14. The van der Waals surface area contributed by atoms with Crippen LogP contribution in [0.2, 0.25) is 0 Å². The zero-order valence-electron chi connectivity index (χ0n) is 11.7. The van der Waals surface area contributed by atoms with Crippen LogP contribution in [0.4, 0.5) is 5.82 Å². The Hall–Kier alpha value is -2.41. The van der Waals surface area contributed by atoms with E-state index in [4.69, 9.17) is 5.26 Å². The number of aromatic nitrogens is 2. The molecule has 0 amide bonds. The van der Waals surface area contributed by atoms with Crippen molar-refractivity contribution in [2.45, 2.75) is 26.7 Å². The van der Waals surface area contributed by atoms with E-state index in [0.717, 1.165) is 47.6 Å². The summed E-state index contributed by atoms with van der Waals surface area (Å²) in [5.74, 6) is 0.906. The summed E-state index contributed by atoms with van der Waals surface area (Å²) < 4.78 is 0. The van der Waals surface area contributed by atoms with Crippen molar-refractivity contribution in [3.05, 3.63) is 40.5 Å². The third kappa shape index (κ3) is 2.12. The molecule has 0 atom stereocenters. The second kappa shape index (κ2) is 4.93. The van der Waals surface area contributed by atoms with Gasteiger partial charge in [0.05, 0.1) is 17.3 Å². The number of nitriles is 1. The molecule has 0 radical (unpaired) electrons. The van der Waals surface area contributed by atoms with Crippen molar-refractivity contribution in [2.24, 2.45) is 0 Å². The number of nitrogens with one attached hydrogen (secondary N) is 1. The largest absolute Gasteiger partial charge is 0.368 e. The van der Waals surface area contributed by atoms with Crippen molar-refractivity contribution in [2.75, 3.05) is 11.9 Å². The number of hydrogen-bond acceptors (Lipinski definition) is 4. The lowest BCUT2D eigenvalue weighted by Gasteiger charge is -2.17. The van der Waals surface area contributed by atoms with Gasteiger partial charge in [-0.25, -0.2) is 0 Å². The van der Waals surface area contributed by atoms with E-state index in [9.17, 15) is 0 Å². The molecule has 0 unspecified atom stereocenters. The van der Waals surface area contributed by atoms with E-state index in [1.54, 1.807) is 0 Å². The molecule has 0 fully saturated rings. The highest BCUT2D eigenvalue weighted by Gasteiger charge is 2.15. The van der Waals surface area contributed by atoms with Gasteiger partial charge in [0.1, 0.15) is 0 Å². The minimum Gasteiger partial charge on any atom is -0.368 e. The SMILES string of the molecule is Cc1cc(C#N)cc(C)c1-c1cc2c(nn1)NCCC2. The highest BCUT2D eigenvalue weighted by atomic mass is 15.2. The maximum absolute atomic E-state index is 9.02. The first kappa shape index (κ1) is 12.6. The Labute approximate surface area is 118 Å². The van der Waals surface area contributed by atoms with Gasteiger partial charge in [0.25, 0.3) is 0 Å². The van der Waals surface area contributed by atoms with Crippen molar-refractivity contribution < 1.29 is 0 Å². The molecule has 4 nitrogen and oxygen atoms in total. The van der Waals surface area contributed by atoms with Gasteiger partial charge in [0.15, 0.2) is 5.82 Å². The van der Waals surface area contributed by atoms with E-state index in [1.807, 2.05) is 26.0 Å². The molecule has 0 saturated carbocycles. The first-order chi connectivity index (χ1) is 9.69. The van der Waals surface area contributed by atoms with Crippen LogP contribution in [0, 0.1) is 25.2 Å². The smallest absolute Gasteiger partial charge is 0.151 e. The molecule has 4 heteroatoms. The van der Waals surface area contributed by atoms with Gasteiger partial charge in [-0.05, 0) is 61.6 Å². The van der Waals surface area contributed by atoms with Gasteiger partial charge < -0.3 is 5.32 Å². The number of anilines is 1. The molecule has 20 heavy (non-hydrogen) atoms. The summed E-state index contributed by atoms with van der Waals surface area (Å²) in [6.07, 6.45) is 2.17. The molecule has 1 aromatic carbocycles. The minimum absolute atomic E-state index is 0.691. The van der Waals surface area contributed by atoms with E-state index in [2.05, 4.69) is 27.6 Å². The van der Waals surface area contributed by atoms with Crippen LogP contribution in [-0.2, 0) is 6.42 Å². The Bertz CT molecular complexity index is 690. The normalized spacial score (nSPS) is 13.2. The second-order valence-corrected chi connectivity index (χ2v) is 5.23. The van der Waals surface area contributed by atoms with Crippen molar-refractivity contribution in [1.82, 2.24) is 10.2 Å². The molecular weight excluding hydrogens is 248 g/mol. The maximum atomic E-state index is 9.02. The van der Waals surface area contributed by atoms with Gasteiger partial charge in [0, 0.05) is 12.1 Å². The number of hydrogen-bond donors (Lipinski definition) is 1. The van der Waals surface area contributed by atoms with Gasteiger partial charge in [0.2, 0.25) is 0 Å². The van der Waals surface area contributed by atoms with Crippen molar-refractivity contribution in [3.8, 4) is 17.3 Å². The zero-order valence-corrected chi connectivity index (χ0v) is 11.7. The first-order valence-electron chi connectivity index (χ1n) is 6.81. The highest BCUT2D eigenvalue weighted by Crippen LogP contribution is 2.29. The molecule has 100 valence electrons. The third-order valence-corrected chi connectivity index (χ3v) is 3.71. The molecule has 0 bridgehead atoms. The van der Waals surface area contributed by atoms with Gasteiger partial charge in [-0.3, -0.25) is 0 Å². The summed E-state index contributed by atoms with van der Waals surface area (Å²) in [4.78, 5) is 0. The Balaban J connectivity index is 2.12. The predicted octanol–water partition coefficient (Wildman–Crippen LogP) is 2.99. The van der Waals surface area contributed by atoms with Crippen molar-refractivity contribution in [3.63, 3.8) is 0 Å². The number of benzene rings is 1. The Morgan fingerprint density at radius 3 is 2.60 bits per heavy atom. The van der Waals surface area contributed by atoms with Crippen LogP contribution in [0.3, 0.4) is 0 Å². The van der Waals surface area contributed by atoms with Gasteiger partial charge in [-0.15, -0.1) is 10.2 Å². The molecule has 0 spiro atoms. The summed E-state index contributed by atoms with van der Waals surface area (Å²) >= 11 is 0. The molecule has 2 aromatic rings. The van der Waals surface area contributed by atoms with Gasteiger partial charge >= 0.3 is 0 Å². The lowest BCUT2D eigenvalue weighted by atomic mass is 9.95. The highest BCUT2D eigenvalue weighted by molar-refractivity contribution is 5.70. The van der Waals surface area contributed by atoms with Crippen LogP contribution in [0.1, 0.15) is 28.7 Å². The topological polar surface area (TPSA) is 61.6 Å². The minimum atomic E-state index is 0.691. The number of fused-ring (bicyclic) bond motifs is 1. The molecule has 0 saturated heterocycles. The monoisotopic (exact) mass is 264 g/mol. The third-order valence-electron chi connectivity index (χ3n) is 3.71. The molecule has 1 aliphatic heterocycles. The van der Waals surface area contributed by atoms with Crippen LogP contribution in [0.15, 0.2) is 18.2 Å². The molecular formula is C16H16N4. The maximum Gasteiger partial charge on any atom is 0.151 e. The van der Waals surface area contributed by atoms with E-state index in [1.165, 1.54) is 5.56 Å². The first-order valence-corrected chi connectivity index (χ1v) is 6.81. The van der Waals surface area contributed by atoms with Gasteiger partial charge in [-0.1, -0.05) is 0 Å². The summed E-state index contributed by atoms with van der Waals surface area (Å²) in [6, 6.07) is 8.12. The number of aryl methyl sites for hydroxylation is 3. The van der Waals surface area contributed by atoms with Crippen LogP contribution in [-0.4, -0.2) is 16.7 Å². The van der Waals surface area contributed by atoms with Crippen LogP contribution in [0.25, 0.3) is 11.3 Å². The quantitative estimate of drug-likeness (QED) is 0.860. The summed E-state index contributed by atoms with van der Waals surface area (Å²) in [6.45, 7) is 5.00. The van der Waals surface area contributed by atoms with Gasteiger partial charge in [-0.2, -0.15) is 5.26 Å². The molecule has 1 aliphatic rings. The Kier molecular flexibility index (Phi) is 3.11. The van der Waals surface area contributed by atoms with E-state index >= 15 is 0 Å². The summed E-state index contributed by atoms with van der Waals surface area (Å²) in [5, 5.41) is 20.9. The molecule has 1 aromatic heterocycles. The van der Waals surface area contributed by atoms with Crippen LogP contribution < -0.4 is 5.32 Å². The van der Waals surface area contributed by atoms with Crippen LogP contribution in [0.5, 0.6) is 0 Å². The number of rotatable bonds is 1. The fraction of sp³-hybridized carbons (Fsp3) is 0.312. The summed E-state index contributed by atoms with van der Waals surface area (Å²) in [5.41, 5.74) is 6.04. The van der Waals surface area contributed by atoms with Crippen molar-refractivity contribution in [1.29, 1.82) is 5.26 Å². The number of nitrogens with zero attached hydrogens (tertiary/aromatic N) is 3. The van der Waals surface area contributed by atoms with E-state index < -0.39 is 0 Å². The van der Waals surface area contributed by atoms with E-state index in [0.29, 0.717) is 5.56 Å². The average molecular weight is 264 g/mol. The lowest BCUT2D eigenvalue weighted by molar-refractivity contribution is 0.802. The molecule has 2 heterocycles. The fourth-order valence-electron chi connectivity index (χ4n) is 2.81. The van der Waals surface area contributed by atoms with Crippen LogP contribution >= 0.6 is 0 Å². The molecule has 3 rings (SSSR count). The second-order valence-electron chi connectivity index (χ2n) is 5.23. The molecule has 0 aliphatic carbocycles.